The van der Waals surface area contributed by atoms with E-state index in [-0.39, 0.29) is 22.6 Å². The fourth-order valence-electron chi connectivity index (χ4n) is 2.57. The summed E-state index contributed by atoms with van der Waals surface area (Å²) in [7, 11) is 0. The van der Waals surface area contributed by atoms with Crippen LogP contribution in [0.4, 0.5) is 5.88 Å². The van der Waals surface area contributed by atoms with Crippen LogP contribution in [0.3, 0.4) is 0 Å². The van der Waals surface area contributed by atoms with Crippen molar-refractivity contribution in [3.05, 3.63) is 65.5 Å². The summed E-state index contributed by atoms with van der Waals surface area (Å²) in [5.41, 5.74) is 1.81. The monoisotopic (exact) mass is 365 g/mol. The number of rotatable bonds is 4. The van der Waals surface area contributed by atoms with Crippen LogP contribution in [-0.4, -0.2) is 27.1 Å². The Labute approximate surface area is 156 Å². The molecule has 2 N–H and O–H groups in total. The number of pyridine rings is 1. The number of aromatic nitrogens is 2. The zero-order valence-corrected chi connectivity index (χ0v) is 15.2. The first kappa shape index (κ1) is 18.3. The Balaban J connectivity index is 1.88. The second-order valence-corrected chi connectivity index (χ2v) is 7.06. The van der Waals surface area contributed by atoms with Gasteiger partial charge in [0.1, 0.15) is 5.69 Å². The average Bonchev–Trinajstić information content (AvgIpc) is 3.05. The second kappa shape index (κ2) is 7.03. The van der Waals surface area contributed by atoms with E-state index in [1.165, 1.54) is 6.20 Å². The molecule has 0 saturated heterocycles. The van der Waals surface area contributed by atoms with E-state index in [0.717, 1.165) is 5.56 Å². The maximum atomic E-state index is 12.5. The van der Waals surface area contributed by atoms with Gasteiger partial charge >= 0.3 is 5.97 Å². The summed E-state index contributed by atoms with van der Waals surface area (Å²) in [5, 5.41) is 15.8. The highest BCUT2D eigenvalue weighted by molar-refractivity contribution is 6.08. The third-order valence-corrected chi connectivity index (χ3v) is 4.08. The first-order valence-corrected chi connectivity index (χ1v) is 8.32. The van der Waals surface area contributed by atoms with Crippen molar-refractivity contribution < 1.29 is 19.2 Å². The van der Waals surface area contributed by atoms with Crippen LogP contribution in [0.5, 0.6) is 0 Å². The van der Waals surface area contributed by atoms with Crippen LogP contribution in [0.15, 0.2) is 53.3 Å². The number of hydrogen-bond donors (Lipinski definition) is 2. The van der Waals surface area contributed by atoms with Gasteiger partial charge in [0.25, 0.3) is 5.91 Å². The van der Waals surface area contributed by atoms with Gasteiger partial charge in [-0.1, -0.05) is 38.1 Å². The SMILES string of the molecule is CC(C)(C)c1ccc(C(=O)Nc2onc(-c3cccnc3)c2C(=O)O)cc1. The van der Waals surface area contributed by atoms with Gasteiger partial charge in [0.2, 0.25) is 5.88 Å². The van der Waals surface area contributed by atoms with Gasteiger partial charge in [0.05, 0.1) is 0 Å². The summed E-state index contributed by atoms with van der Waals surface area (Å²) in [6.07, 6.45) is 3.04. The van der Waals surface area contributed by atoms with E-state index < -0.39 is 11.9 Å². The molecule has 138 valence electrons. The molecule has 7 heteroatoms. The standard InChI is InChI=1S/C20H19N3O4/c1-20(2,3)14-8-6-12(7-9-14)17(24)22-18-15(19(25)26)16(23-27-18)13-5-4-10-21-11-13/h4-11H,1-3H3,(H,22,24)(H,25,26). The molecule has 0 spiro atoms. The molecule has 0 saturated carbocycles. The Hall–Kier alpha value is -3.48. The predicted molar refractivity (Wildman–Crippen MR) is 99.8 cm³/mol. The Kier molecular flexibility index (Phi) is 4.77. The van der Waals surface area contributed by atoms with E-state index in [0.29, 0.717) is 11.1 Å². The Morgan fingerprint density at radius 3 is 2.37 bits per heavy atom. The van der Waals surface area contributed by atoms with Crippen LogP contribution in [0, 0.1) is 0 Å². The van der Waals surface area contributed by atoms with Crippen molar-refractivity contribution in [1.82, 2.24) is 10.1 Å². The summed E-state index contributed by atoms with van der Waals surface area (Å²) >= 11 is 0. The van der Waals surface area contributed by atoms with Gasteiger partial charge in [-0.05, 0) is 35.2 Å². The van der Waals surface area contributed by atoms with E-state index in [4.69, 9.17) is 4.52 Å². The molecule has 0 radical (unpaired) electrons. The number of carbonyl (C=O) groups is 2. The lowest BCUT2D eigenvalue weighted by Gasteiger charge is -2.18. The molecule has 0 fully saturated rings. The molecule has 0 aliphatic heterocycles. The van der Waals surface area contributed by atoms with Gasteiger partial charge in [-0.25, -0.2) is 4.79 Å². The first-order chi connectivity index (χ1) is 12.8. The molecule has 2 heterocycles. The van der Waals surface area contributed by atoms with Crippen molar-refractivity contribution in [3.63, 3.8) is 0 Å². The quantitative estimate of drug-likeness (QED) is 0.724. The number of hydrogen-bond acceptors (Lipinski definition) is 5. The van der Waals surface area contributed by atoms with Crippen molar-refractivity contribution in [2.24, 2.45) is 0 Å². The largest absolute Gasteiger partial charge is 0.477 e. The number of benzene rings is 1. The summed E-state index contributed by atoms with van der Waals surface area (Å²) in [5.74, 6) is -1.95. The summed E-state index contributed by atoms with van der Waals surface area (Å²) in [6.45, 7) is 6.24. The lowest BCUT2D eigenvalue weighted by atomic mass is 9.87. The lowest BCUT2D eigenvalue weighted by molar-refractivity contribution is 0.0698. The van der Waals surface area contributed by atoms with Crippen LogP contribution >= 0.6 is 0 Å². The Bertz CT molecular complexity index is 971. The van der Waals surface area contributed by atoms with Crippen molar-refractivity contribution in [3.8, 4) is 11.3 Å². The highest BCUT2D eigenvalue weighted by Crippen LogP contribution is 2.29. The van der Waals surface area contributed by atoms with E-state index in [1.807, 2.05) is 12.1 Å². The van der Waals surface area contributed by atoms with Gasteiger partial charge in [-0.3, -0.25) is 15.1 Å². The van der Waals surface area contributed by atoms with Crippen molar-refractivity contribution in [2.45, 2.75) is 26.2 Å². The molecule has 7 nitrogen and oxygen atoms in total. The molecular weight excluding hydrogens is 346 g/mol. The molecule has 0 aliphatic rings. The minimum absolute atomic E-state index is 0.0327. The van der Waals surface area contributed by atoms with E-state index in [9.17, 15) is 14.7 Å². The summed E-state index contributed by atoms with van der Waals surface area (Å²) in [4.78, 5) is 28.1. The number of anilines is 1. The zero-order chi connectivity index (χ0) is 19.6. The third-order valence-electron chi connectivity index (χ3n) is 4.08. The fourth-order valence-corrected chi connectivity index (χ4v) is 2.57. The van der Waals surface area contributed by atoms with Gasteiger partial charge in [0, 0.05) is 23.5 Å². The number of nitrogens with one attached hydrogen (secondary N) is 1. The maximum absolute atomic E-state index is 12.5. The number of carboxylic acid groups (broad SMARTS) is 1. The molecule has 2 aromatic heterocycles. The van der Waals surface area contributed by atoms with Crippen LogP contribution in [0.2, 0.25) is 0 Å². The van der Waals surface area contributed by atoms with Gasteiger partial charge in [0.15, 0.2) is 5.56 Å². The molecule has 0 unspecified atom stereocenters. The van der Waals surface area contributed by atoms with Crippen molar-refractivity contribution in [1.29, 1.82) is 0 Å². The molecule has 3 rings (SSSR count). The van der Waals surface area contributed by atoms with Crippen LogP contribution in [0.1, 0.15) is 47.1 Å². The zero-order valence-electron chi connectivity index (χ0n) is 15.2. The van der Waals surface area contributed by atoms with Gasteiger partial charge in [-0.15, -0.1) is 0 Å². The molecule has 3 aromatic rings. The van der Waals surface area contributed by atoms with Gasteiger partial charge in [-0.2, -0.15) is 0 Å². The van der Waals surface area contributed by atoms with E-state index in [2.05, 4.69) is 36.2 Å². The molecule has 1 amide bonds. The Morgan fingerprint density at radius 2 is 1.81 bits per heavy atom. The smallest absolute Gasteiger partial charge is 0.343 e. The molecule has 0 atom stereocenters. The van der Waals surface area contributed by atoms with E-state index >= 15 is 0 Å². The summed E-state index contributed by atoms with van der Waals surface area (Å²) in [6, 6.07) is 10.4. The second-order valence-electron chi connectivity index (χ2n) is 7.06. The number of carbonyl (C=O) groups excluding carboxylic acids is 1. The van der Waals surface area contributed by atoms with E-state index in [1.54, 1.807) is 30.5 Å². The normalized spacial score (nSPS) is 11.2. The minimum atomic E-state index is -1.26. The van der Waals surface area contributed by atoms with Crippen LogP contribution in [-0.2, 0) is 5.41 Å². The maximum Gasteiger partial charge on any atom is 0.343 e. The fraction of sp³-hybridized carbons (Fsp3) is 0.200. The molecule has 0 aliphatic carbocycles. The molecule has 27 heavy (non-hydrogen) atoms. The number of aromatic carboxylic acids is 1. The lowest BCUT2D eigenvalue weighted by Crippen LogP contribution is -2.15. The van der Waals surface area contributed by atoms with Crippen molar-refractivity contribution >= 4 is 17.8 Å². The highest BCUT2D eigenvalue weighted by Gasteiger charge is 2.25. The van der Waals surface area contributed by atoms with Crippen LogP contribution < -0.4 is 5.32 Å². The predicted octanol–water partition coefficient (Wildman–Crippen LogP) is 3.98. The number of nitrogens with zero attached hydrogens (tertiary/aromatic N) is 2. The average molecular weight is 365 g/mol. The third kappa shape index (κ3) is 3.87. The minimum Gasteiger partial charge on any atom is -0.477 e. The van der Waals surface area contributed by atoms with Crippen molar-refractivity contribution in [2.75, 3.05) is 5.32 Å². The van der Waals surface area contributed by atoms with Crippen LogP contribution in [0.25, 0.3) is 11.3 Å². The summed E-state index contributed by atoms with van der Waals surface area (Å²) < 4.78 is 5.09. The molecule has 0 bridgehead atoms. The Morgan fingerprint density at radius 1 is 1.11 bits per heavy atom. The first-order valence-electron chi connectivity index (χ1n) is 8.32. The number of amides is 1. The molecular formula is C20H19N3O4. The number of carboxylic acids is 1. The topological polar surface area (TPSA) is 105 Å². The highest BCUT2D eigenvalue weighted by atomic mass is 16.5. The molecule has 1 aromatic carbocycles. The van der Waals surface area contributed by atoms with Gasteiger partial charge < -0.3 is 9.63 Å².